The van der Waals surface area contributed by atoms with E-state index < -0.39 is 23.6 Å². The molecular weight excluding hydrogens is 207 g/mol. The molecule has 92 valence electrons. The first kappa shape index (κ1) is 13.3. The molecule has 0 aromatic heterocycles. The number of nitrogens with two attached hydrogens (primary N) is 1. The van der Waals surface area contributed by atoms with Gasteiger partial charge in [0.25, 0.3) is 0 Å². The lowest BCUT2D eigenvalue weighted by Crippen LogP contribution is -2.41. The summed E-state index contributed by atoms with van der Waals surface area (Å²) in [7, 11) is -0.520. The summed E-state index contributed by atoms with van der Waals surface area (Å²) in [6.45, 7) is 11.5. The van der Waals surface area contributed by atoms with E-state index in [1.807, 2.05) is 41.5 Å². The molecule has 0 aromatic carbocycles. The first-order valence-corrected chi connectivity index (χ1v) is 5.38. The summed E-state index contributed by atoms with van der Waals surface area (Å²) in [6.07, 6.45) is 0. The Kier molecular flexibility index (Phi) is 3.02. The molecule has 0 amide bonds. The summed E-state index contributed by atoms with van der Waals surface area (Å²) in [4.78, 5) is 0. The monoisotopic (exact) mass is 228 g/mol. The topological polar surface area (TPSA) is 77.1 Å². The van der Waals surface area contributed by atoms with Crippen LogP contribution in [-0.2, 0) is 9.31 Å². The summed E-state index contributed by atoms with van der Waals surface area (Å²) < 4.78 is 11.7. The van der Waals surface area contributed by atoms with Gasteiger partial charge in [0, 0.05) is 0 Å². The molecule has 3 N–H and O–H groups in total. The largest absolute Gasteiger partial charge is 0.471 e. The molecule has 0 radical (unpaired) electrons. The van der Waals surface area contributed by atoms with Crippen molar-refractivity contribution in [3.63, 3.8) is 0 Å². The highest BCUT2D eigenvalue weighted by molar-refractivity contribution is 6.55. The molecule has 0 aromatic rings. The van der Waals surface area contributed by atoms with E-state index in [1.165, 1.54) is 0 Å². The molecular formula is C10H21BN2O3. The van der Waals surface area contributed by atoms with Gasteiger partial charge in [-0.2, -0.15) is 0 Å². The summed E-state index contributed by atoms with van der Waals surface area (Å²) in [5.74, 6) is 0.103. The van der Waals surface area contributed by atoms with E-state index in [0.29, 0.717) is 0 Å². The van der Waals surface area contributed by atoms with Crippen LogP contribution in [0.25, 0.3) is 0 Å². The quantitative estimate of drug-likeness (QED) is 0.247. The van der Waals surface area contributed by atoms with Crippen molar-refractivity contribution in [3.8, 4) is 0 Å². The molecule has 0 aliphatic carbocycles. The molecule has 0 atom stereocenters. The molecule has 16 heavy (non-hydrogen) atoms. The lowest BCUT2D eigenvalue weighted by atomic mass is 9.59. The van der Waals surface area contributed by atoms with Crippen LogP contribution in [0.1, 0.15) is 41.5 Å². The van der Waals surface area contributed by atoms with Gasteiger partial charge in [-0.15, -0.1) is 0 Å². The normalized spacial score (nSPS) is 24.9. The van der Waals surface area contributed by atoms with Crippen LogP contribution in [0.15, 0.2) is 5.16 Å². The van der Waals surface area contributed by atoms with Gasteiger partial charge in [-0.3, -0.25) is 0 Å². The summed E-state index contributed by atoms with van der Waals surface area (Å²) in [5.41, 5.74) is 4.82. The summed E-state index contributed by atoms with van der Waals surface area (Å²) in [6, 6.07) is 0. The zero-order valence-electron chi connectivity index (χ0n) is 10.9. The van der Waals surface area contributed by atoms with Crippen LogP contribution >= 0.6 is 0 Å². The van der Waals surface area contributed by atoms with Crippen molar-refractivity contribution in [2.75, 3.05) is 0 Å². The van der Waals surface area contributed by atoms with E-state index in [0.717, 1.165) is 0 Å². The van der Waals surface area contributed by atoms with Crippen LogP contribution in [-0.4, -0.2) is 29.4 Å². The van der Waals surface area contributed by atoms with Crippen molar-refractivity contribution in [2.24, 2.45) is 10.9 Å². The number of nitrogens with zero attached hydrogens (tertiary/aromatic N) is 1. The third-order valence-corrected chi connectivity index (χ3v) is 3.61. The fraction of sp³-hybridized carbons (Fsp3) is 0.900. The van der Waals surface area contributed by atoms with Crippen LogP contribution in [0.4, 0.5) is 0 Å². The number of hydrogen-bond acceptors (Lipinski definition) is 4. The summed E-state index contributed by atoms with van der Waals surface area (Å²) >= 11 is 0. The van der Waals surface area contributed by atoms with Gasteiger partial charge in [0.05, 0.1) is 16.5 Å². The molecule has 6 heteroatoms. The van der Waals surface area contributed by atoms with E-state index in [9.17, 15) is 0 Å². The highest BCUT2D eigenvalue weighted by Crippen LogP contribution is 2.44. The maximum Gasteiger partial charge on any atom is 0.471 e. The highest BCUT2D eigenvalue weighted by Gasteiger charge is 2.57. The van der Waals surface area contributed by atoms with Gasteiger partial charge in [-0.05, 0) is 27.7 Å². The highest BCUT2D eigenvalue weighted by atomic mass is 16.7. The minimum Gasteiger partial charge on any atom is -0.409 e. The Morgan fingerprint density at radius 2 is 1.56 bits per heavy atom. The average Bonchev–Trinajstić information content (AvgIpc) is 2.35. The van der Waals surface area contributed by atoms with Crippen molar-refractivity contribution in [3.05, 3.63) is 0 Å². The van der Waals surface area contributed by atoms with E-state index in [1.54, 1.807) is 0 Å². The second-order valence-electron chi connectivity index (χ2n) is 5.80. The molecule has 1 saturated heterocycles. The van der Waals surface area contributed by atoms with Gasteiger partial charge in [0.15, 0.2) is 0 Å². The van der Waals surface area contributed by atoms with Crippen molar-refractivity contribution in [2.45, 2.75) is 58.1 Å². The number of hydrogen-bond donors (Lipinski definition) is 2. The van der Waals surface area contributed by atoms with Gasteiger partial charge in [0.1, 0.15) is 5.84 Å². The first-order chi connectivity index (χ1) is 7.04. The lowest BCUT2D eigenvalue weighted by molar-refractivity contribution is 0.00578. The van der Waals surface area contributed by atoms with Crippen LogP contribution < -0.4 is 5.73 Å². The number of rotatable bonds is 2. The third-order valence-electron chi connectivity index (χ3n) is 3.61. The fourth-order valence-electron chi connectivity index (χ4n) is 1.39. The minimum absolute atomic E-state index is 0.103. The first-order valence-electron chi connectivity index (χ1n) is 5.38. The van der Waals surface area contributed by atoms with E-state index in [4.69, 9.17) is 20.2 Å². The van der Waals surface area contributed by atoms with Gasteiger partial charge in [0.2, 0.25) is 0 Å². The number of oxime groups is 1. The zero-order valence-corrected chi connectivity index (χ0v) is 10.9. The standard InChI is InChI=1S/C10H21BN2O3/c1-8(2,7(12)13-14)11-15-9(3,4)10(5,6)16-11/h14H,1-6H3,(H2,12,13). The molecule has 0 saturated carbocycles. The Hall–Kier alpha value is -0.745. The Morgan fingerprint density at radius 1 is 1.19 bits per heavy atom. The molecule has 5 nitrogen and oxygen atoms in total. The minimum atomic E-state index is -0.667. The van der Waals surface area contributed by atoms with Gasteiger partial charge < -0.3 is 20.2 Å². The molecule has 1 fully saturated rings. The Balaban J connectivity index is 2.96. The van der Waals surface area contributed by atoms with Crippen LogP contribution in [0.2, 0.25) is 5.31 Å². The molecule has 1 rings (SSSR count). The lowest BCUT2D eigenvalue weighted by Gasteiger charge is -2.32. The Morgan fingerprint density at radius 3 is 1.88 bits per heavy atom. The second kappa shape index (κ2) is 3.63. The third kappa shape index (κ3) is 1.91. The molecule has 1 aliphatic rings. The van der Waals surface area contributed by atoms with Crippen LogP contribution in [0.5, 0.6) is 0 Å². The van der Waals surface area contributed by atoms with Gasteiger partial charge >= 0.3 is 7.12 Å². The maximum atomic E-state index is 8.74. The predicted octanol–water partition coefficient (Wildman–Crippen LogP) is 1.61. The van der Waals surface area contributed by atoms with Crippen molar-refractivity contribution < 1.29 is 14.5 Å². The summed E-state index contributed by atoms with van der Waals surface area (Å²) in [5, 5.41) is 11.1. The van der Waals surface area contributed by atoms with Crippen molar-refractivity contribution >= 4 is 13.0 Å². The van der Waals surface area contributed by atoms with Crippen molar-refractivity contribution in [1.29, 1.82) is 0 Å². The zero-order chi connectivity index (χ0) is 12.8. The molecule has 0 spiro atoms. The van der Waals surface area contributed by atoms with E-state index in [2.05, 4.69) is 5.16 Å². The van der Waals surface area contributed by atoms with Crippen molar-refractivity contribution in [1.82, 2.24) is 0 Å². The van der Waals surface area contributed by atoms with Gasteiger partial charge in [-0.25, -0.2) is 0 Å². The Bertz CT molecular complexity index is 297. The van der Waals surface area contributed by atoms with E-state index >= 15 is 0 Å². The van der Waals surface area contributed by atoms with Crippen LogP contribution in [0.3, 0.4) is 0 Å². The molecule has 1 aliphatic heterocycles. The number of amidine groups is 1. The Labute approximate surface area is 97.1 Å². The molecule has 0 bridgehead atoms. The van der Waals surface area contributed by atoms with Gasteiger partial charge in [-0.1, -0.05) is 19.0 Å². The fourth-order valence-corrected chi connectivity index (χ4v) is 1.39. The average molecular weight is 228 g/mol. The van der Waals surface area contributed by atoms with E-state index in [-0.39, 0.29) is 5.84 Å². The smallest absolute Gasteiger partial charge is 0.409 e. The second-order valence-corrected chi connectivity index (χ2v) is 5.80. The predicted molar refractivity (Wildman–Crippen MR) is 63.5 cm³/mol. The van der Waals surface area contributed by atoms with Crippen LogP contribution in [0, 0.1) is 0 Å². The maximum absolute atomic E-state index is 8.74. The molecule has 0 unspecified atom stereocenters. The molecule has 1 heterocycles. The SMILES string of the molecule is CC(C)(B1OC(C)(C)C(C)(C)O1)/C(N)=N/O.